The number of likely N-dealkylation sites (tertiary alicyclic amines) is 1. The lowest BCUT2D eigenvalue weighted by Gasteiger charge is -2.26. The van der Waals surface area contributed by atoms with Gasteiger partial charge in [-0.1, -0.05) is 6.07 Å². The summed E-state index contributed by atoms with van der Waals surface area (Å²) in [7, 11) is 2.21. The van der Waals surface area contributed by atoms with E-state index in [1.165, 1.54) is 12.8 Å². The van der Waals surface area contributed by atoms with Crippen molar-refractivity contribution in [2.24, 2.45) is 0 Å². The van der Waals surface area contributed by atoms with Crippen molar-refractivity contribution in [3.05, 3.63) is 42.1 Å². The molecular formula is C18H21N3O. The lowest BCUT2D eigenvalue weighted by molar-refractivity contribution is 0.0740. The van der Waals surface area contributed by atoms with Gasteiger partial charge < -0.3 is 4.90 Å². The fourth-order valence-corrected chi connectivity index (χ4v) is 3.88. The molecular weight excluding hydrogens is 274 g/mol. The molecule has 2 aliphatic rings. The largest absolute Gasteiger partial charge is 0.337 e. The molecule has 2 saturated heterocycles. The van der Waals surface area contributed by atoms with Gasteiger partial charge in [-0.2, -0.15) is 0 Å². The van der Waals surface area contributed by atoms with E-state index in [4.69, 9.17) is 0 Å². The van der Waals surface area contributed by atoms with Crippen molar-refractivity contribution < 1.29 is 4.79 Å². The Balaban J connectivity index is 1.60. The van der Waals surface area contributed by atoms with Crippen LogP contribution in [0.4, 0.5) is 0 Å². The standard InChI is InChI=1S/C18H21N3O/c1-20-15-5-6-16(20)12-21(10-8-15)18(22)14-4-7-17-13(11-14)3-2-9-19-17/h2-4,7,9,11,15-16H,5-6,8,10,12H2,1H3. The van der Waals surface area contributed by atoms with E-state index < -0.39 is 0 Å². The van der Waals surface area contributed by atoms with Gasteiger partial charge in [0.15, 0.2) is 0 Å². The molecule has 3 heterocycles. The fraction of sp³-hybridized carbons (Fsp3) is 0.444. The van der Waals surface area contributed by atoms with Gasteiger partial charge in [0.2, 0.25) is 0 Å². The van der Waals surface area contributed by atoms with Crippen LogP contribution in [0.2, 0.25) is 0 Å². The molecule has 4 heteroatoms. The molecule has 4 rings (SSSR count). The molecule has 2 fully saturated rings. The Labute approximate surface area is 130 Å². The summed E-state index contributed by atoms with van der Waals surface area (Å²) < 4.78 is 0. The first-order valence-corrected chi connectivity index (χ1v) is 8.08. The van der Waals surface area contributed by atoms with E-state index in [9.17, 15) is 4.79 Å². The van der Waals surface area contributed by atoms with E-state index in [0.29, 0.717) is 12.1 Å². The van der Waals surface area contributed by atoms with Crippen molar-refractivity contribution >= 4 is 16.8 Å². The number of aromatic nitrogens is 1. The van der Waals surface area contributed by atoms with Gasteiger partial charge in [0.05, 0.1) is 5.52 Å². The molecule has 0 aliphatic carbocycles. The Bertz CT molecular complexity index is 714. The fourth-order valence-electron chi connectivity index (χ4n) is 3.88. The zero-order valence-corrected chi connectivity index (χ0v) is 12.9. The normalized spacial score (nSPS) is 25.4. The van der Waals surface area contributed by atoms with Gasteiger partial charge in [-0.05, 0) is 50.6 Å². The van der Waals surface area contributed by atoms with Gasteiger partial charge in [0, 0.05) is 42.3 Å². The summed E-state index contributed by atoms with van der Waals surface area (Å²) in [6.45, 7) is 1.73. The van der Waals surface area contributed by atoms with E-state index in [0.717, 1.165) is 36.0 Å². The minimum atomic E-state index is 0.159. The van der Waals surface area contributed by atoms with Crippen molar-refractivity contribution in [3.63, 3.8) is 0 Å². The predicted molar refractivity (Wildman–Crippen MR) is 86.8 cm³/mol. The highest BCUT2D eigenvalue weighted by Crippen LogP contribution is 2.29. The lowest BCUT2D eigenvalue weighted by atomic mass is 10.1. The molecule has 2 bridgehead atoms. The number of nitrogens with zero attached hydrogens (tertiary/aromatic N) is 3. The van der Waals surface area contributed by atoms with Crippen LogP contribution in [-0.2, 0) is 0 Å². The number of benzene rings is 1. The van der Waals surface area contributed by atoms with Gasteiger partial charge in [-0.15, -0.1) is 0 Å². The Morgan fingerprint density at radius 2 is 2.05 bits per heavy atom. The highest BCUT2D eigenvalue weighted by atomic mass is 16.2. The van der Waals surface area contributed by atoms with E-state index >= 15 is 0 Å². The number of rotatable bonds is 1. The molecule has 0 spiro atoms. The molecule has 22 heavy (non-hydrogen) atoms. The molecule has 4 nitrogen and oxygen atoms in total. The summed E-state index contributed by atoms with van der Waals surface area (Å²) in [4.78, 5) is 21.7. The highest BCUT2D eigenvalue weighted by molar-refractivity contribution is 5.98. The number of fused-ring (bicyclic) bond motifs is 3. The zero-order chi connectivity index (χ0) is 15.1. The monoisotopic (exact) mass is 295 g/mol. The first kappa shape index (κ1) is 13.7. The molecule has 0 radical (unpaired) electrons. The smallest absolute Gasteiger partial charge is 0.253 e. The topological polar surface area (TPSA) is 36.4 Å². The van der Waals surface area contributed by atoms with E-state index in [1.807, 2.05) is 35.2 Å². The second-order valence-corrected chi connectivity index (χ2v) is 6.50. The molecule has 114 valence electrons. The molecule has 2 unspecified atom stereocenters. The average Bonchev–Trinajstić information content (AvgIpc) is 2.79. The van der Waals surface area contributed by atoms with Gasteiger partial charge >= 0.3 is 0 Å². The minimum Gasteiger partial charge on any atom is -0.337 e. The first-order chi connectivity index (χ1) is 10.7. The van der Waals surface area contributed by atoms with Crippen LogP contribution in [0.15, 0.2) is 36.5 Å². The highest BCUT2D eigenvalue weighted by Gasteiger charge is 2.36. The van der Waals surface area contributed by atoms with Crippen LogP contribution in [0.5, 0.6) is 0 Å². The summed E-state index contributed by atoms with van der Waals surface area (Å²) in [6, 6.07) is 10.9. The van der Waals surface area contributed by atoms with Crippen LogP contribution in [0.1, 0.15) is 29.6 Å². The summed E-state index contributed by atoms with van der Waals surface area (Å²) in [5, 5.41) is 1.03. The number of hydrogen-bond donors (Lipinski definition) is 0. The zero-order valence-electron chi connectivity index (χ0n) is 12.9. The molecule has 1 amide bonds. The number of amides is 1. The third-order valence-electron chi connectivity index (χ3n) is 5.29. The van der Waals surface area contributed by atoms with Crippen LogP contribution in [-0.4, -0.2) is 52.9 Å². The van der Waals surface area contributed by atoms with Crippen LogP contribution >= 0.6 is 0 Å². The number of carbonyl (C=O) groups excluding carboxylic acids is 1. The van der Waals surface area contributed by atoms with Crippen LogP contribution < -0.4 is 0 Å². The molecule has 1 aromatic carbocycles. The van der Waals surface area contributed by atoms with Crippen molar-refractivity contribution in [1.29, 1.82) is 0 Å². The van der Waals surface area contributed by atoms with E-state index in [1.54, 1.807) is 6.20 Å². The van der Waals surface area contributed by atoms with E-state index in [2.05, 4.69) is 16.9 Å². The predicted octanol–water partition coefficient (Wildman–Crippen LogP) is 2.54. The second kappa shape index (κ2) is 5.36. The molecule has 2 aromatic rings. The Kier molecular flexibility index (Phi) is 3.34. The Hall–Kier alpha value is -1.94. The third kappa shape index (κ3) is 2.28. The van der Waals surface area contributed by atoms with Gasteiger partial charge in [-0.25, -0.2) is 0 Å². The van der Waals surface area contributed by atoms with E-state index in [-0.39, 0.29) is 5.91 Å². The SMILES string of the molecule is CN1C2CCC1CN(C(=O)c1ccc3ncccc3c1)CC2. The van der Waals surface area contributed by atoms with Crippen LogP contribution in [0.3, 0.4) is 0 Å². The minimum absolute atomic E-state index is 0.159. The van der Waals surface area contributed by atoms with Crippen molar-refractivity contribution in [2.45, 2.75) is 31.3 Å². The maximum absolute atomic E-state index is 12.9. The number of likely N-dealkylation sites (N-methyl/N-ethyl adjacent to an activating group) is 1. The summed E-state index contributed by atoms with van der Waals surface area (Å²) >= 11 is 0. The maximum Gasteiger partial charge on any atom is 0.253 e. The van der Waals surface area contributed by atoms with Crippen LogP contribution in [0, 0.1) is 0 Å². The molecule has 0 N–H and O–H groups in total. The third-order valence-corrected chi connectivity index (χ3v) is 5.29. The van der Waals surface area contributed by atoms with Crippen LogP contribution in [0.25, 0.3) is 10.9 Å². The first-order valence-electron chi connectivity index (χ1n) is 8.08. The second-order valence-electron chi connectivity index (χ2n) is 6.50. The average molecular weight is 295 g/mol. The summed E-state index contributed by atoms with van der Waals surface area (Å²) in [6.07, 6.45) is 5.37. The number of pyridine rings is 1. The quantitative estimate of drug-likeness (QED) is 0.811. The Morgan fingerprint density at radius 1 is 1.18 bits per heavy atom. The molecule has 2 atom stereocenters. The lowest BCUT2D eigenvalue weighted by Crippen LogP contribution is -2.39. The van der Waals surface area contributed by atoms with Gasteiger partial charge in [0.25, 0.3) is 5.91 Å². The summed E-state index contributed by atoms with van der Waals surface area (Å²) in [5.74, 6) is 0.159. The molecule has 0 saturated carbocycles. The van der Waals surface area contributed by atoms with Crippen molar-refractivity contribution in [1.82, 2.24) is 14.8 Å². The number of hydrogen-bond acceptors (Lipinski definition) is 3. The molecule has 1 aromatic heterocycles. The van der Waals surface area contributed by atoms with Crippen molar-refractivity contribution in [3.8, 4) is 0 Å². The van der Waals surface area contributed by atoms with Gasteiger partial charge in [0.1, 0.15) is 0 Å². The maximum atomic E-state index is 12.9. The summed E-state index contributed by atoms with van der Waals surface area (Å²) in [5.41, 5.74) is 1.72. The molecule has 2 aliphatic heterocycles. The Morgan fingerprint density at radius 3 is 2.95 bits per heavy atom. The number of carbonyl (C=O) groups is 1. The van der Waals surface area contributed by atoms with Gasteiger partial charge in [-0.3, -0.25) is 14.7 Å². The van der Waals surface area contributed by atoms with Crippen molar-refractivity contribution in [2.75, 3.05) is 20.1 Å².